The van der Waals surface area contributed by atoms with Crippen LogP contribution >= 0.6 is 35.2 Å². The zero-order valence-electron chi connectivity index (χ0n) is 33.5. The van der Waals surface area contributed by atoms with Gasteiger partial charge < -0.3 is 56.0 Å². The molecule has 1 saturated heterocycles. The van der Waals surface area contributed by atoms with Crippen molar-refractivity contribution in [2.45, 2.75) is 103 Å². The molecule has 0 aliphatic carbocycles. The summed E-state index contributed by atoms with van der Waals surface area (Å²) in [6, 6.07) is 0. The summed E-state index contributed by atoms with van der Waals surface area (Å²) < 4.78 is 62.2. The van der Waals surface area contributed by atoms with E-state index in [1.165, 1.54) is 26.3 Å². The molecule has 61 heavy (non-hydrogen) atoms. The minimum absolute atomic E-state index is 0.0256. The van der Waals surface area contributed by atoms with E-state index in [1.54, 1.807) is 0 Å². The summed E-state index contributed by atoms with van der Waals surface area (Å²) in [7, 11) is -16.4. The van der Waals surface area contributed by atoms with Gasteiger partial charge in [0.05, 0.1) is 19.5 Å². The lowest BCUT2D eigenvalue weighted by atomic mass is 9.87. The highest BCUT2D eigenvalue weighted by atomic mass is 32.2. The minimum atomic E-state index is -5.58. The highest BCUT2D eigenvalue weighted by Gasteiger charge is 2.50. The number of unbranched alkanes of at least 4 members (excludes halogenated alkanes) is 6. The van der Waals surface area contributed by atoms with Gasteiger partial charge in [0.25, 0.3) is 5.12 Å². The van der Waals surface area contributed by atoms with Crippen LogP contribution in [-0.4, -0.2) is 128 Å². The van der Waals surface area contributed by atoms with Crippen molar-refractivity contribution >= 4 is 69.1 Å². The summed E-state index contributed by atoms with van der Waals surface area (Å²) in [6.07, 6.45) is 1.54. The molecule has 346 valence electrons. The number of allylic oxidation sites excluding steroid dienone is 1. The van der Waals surface area contributed by atoms with Crippen molar-refractivity contribution in [3.63, 3.8) is 0 Å². The van der Waals surface area contributed by atoms with Crippen molar-refractivity contribution in [3.05, 3.63) is 24.5 Å². The Bertz CT molecular complexity index is 1970. The number of anilines is 1. The normalized spacial score (nSPS) is 21.2. The number of aromatic nitrogens is 4. The summed E-state index contributed by atoms with van der Waals surface area (Å²) in [6.45, 7) is 2.43. The van der Waals surface area contributed by atoms with E-state index in [9.17, 15) is 63.0 Å². The number of hydrogen-bond acceptors (Lipinski definition) is 19. The Morgan fingerprint density at radius 1 is 1.02 bits per heavy atom. The first-order valence-electron chi connectivity index (χ1n) is 18.9. The van der Waals surface area contributed by atoms with Crippen LogP contribution in [0.5, 0.6) is 0 Å². The molecule has 0 bridgehead atoms. The Kier molecular flexibility index (Phi) is 20.4. The number of amides is 2. The third-order valence-corrected chi connectivity index (χ3v) is 12.8. The zero-order chi connectivity index (χ0) is 45.6. The fourth-order valence-electron chi connectivity index (χ4n) is 5.59. The fourth-order valence-corrected chi connectivity index (χ4v) is 9.04. The second-order valence-corrected chi connectivity index (χ2v) is 19.7. The molecule has 1 aliphatic rings. The first kappa shape index (κ1) is 52.4. The lowest BCUT2D eigenvalue weighted by molar-refractivity contribution is -0.137. The number of thioether (sulfide) groups is 1. The van der Waals surface area contributed by atoms with Gasteiger partial charge in [-0.2, -0.15) is 4.31 Å². The second kappa shape index (κ2) is 23.7. The number of aliphatic hydroxyl groups is 3. The van der Waals surface area contributed by atoms with Gasteiger partial charge in [-0.15, -0.1) is 0 Å². The van der Waals surface area contributed by atoms with Crippen LogP contribution in [0.15, 0.2) is 24.5 Å². The summed E-state index contributed by atoms with van der Waals surface area (Å²) >= 11 is 0.835. The van der Waals surface area contributed by atoms with Gasteiger partial charge in [0.1, 0.15) is 36.3 Å². The lowest BCUT2D eigenvalue weighted by Gasteiger charge is -2.30. The molecule has 11 N–H and O–H groups in total. The standard InChI is InChI=1S/C32H54N7O18P3S/c1-4-5-6-7-8-9-10-11-20(40)31(45)61-15-14-34-22(41)12-13-35-29(44)26(43)32(2,3)17-54-60(51,52)57-59(49,50)53-16-21-25(56-58(46,47)48)24(42)30(55-21)39-19-38-23-27(33)36-18-37-28(23)39/h11,18-19,21,24-26,30,40,42-43H,4-10,12-17H2,1-3H3,(H,34,41)(H,35,44)(H,49,50)(H,51,52)(H2,33,36,37)(H2,46,47,48)/b20-11-. The number of imidazole rings is 1. The fraction of sp³-hybridized carbons (Fsp3) is 0.688. The molecule has 2 aromatic rings. The average Bonchev–Trinajstić information content (AvgIpc) is 3.73. The number of nitrogens with one attached hydrogen (secondary N) is 2. The number of nitrogens with two attached hydrogens (primary N) is 1. The first-order chi connectivity index (χ1) is 28.5. The molecule has 7 unspecified atom stereocenters. The Labute approximate surface area is 354 Å². The number of rotatable bonds is 27. The molecular formula is C32H54N7O18P3S. The van der Waals surface area contributed by atoms with Crippen LogP contribution < -0.4 is 16.4 Å². The molecular weight excluding hydrogens is 895 g/mol. The van der Waals surface area contributed by atoms with Crippen LogP contribution in [0.3, 0.4) is 0 Å². The van der Waals surface area contributed by atoms with Crippen LogP contribution in [0.2, 0.25) is 0 Å². The number of phosphoric ester groups is 3. The van der Waals surface area contributed by atoms with Crippen molar-refractivity contribution in [1.29, 1.82) is 0 Å². The molecule has 1 aliphatic heterocycles. The van der Waals surface area contributed by atoms with Crippen LogP contribution in [0.1, 0.15) is 78.4 Å². The van der Waals surface area contributed by atoms with Gasteiger partial charge in [-0.3, -0.25) is 32.5 Å². The van der Waals surface area contributed by atoms with Gasteiger partial charge in [0, 0.05) is 30.7 Å². The molecule has 25 nitrogen and oxygen atoms in total. The molecule has 2 aromatic heterocycles. The predicted molar refractivity (Wildman–Crippen MR) is 216 cm³/mol. The molecule has 29 heteroatoms. The van der Waals surface area contributed by atoms with Crippen molar-refractivity contribution in [1.82, 2.24) is 30.2 Å². The highest BCUT2D eigenvalue weighted by Crippen LogP contribution is 2.61. The quantitative estimate of drug-likeness (QED) is 0.0264. The van der Waals surface area contributed by atoms with Crippen molar-refractivity contribution in [2.75, 3.05) is 37.8 Å². The Morgan fingerprint density at radius 2 is 1.69 bits per heavy atom. The van der Waals surface area contributed by atoms with Crippen LogP contribution in [0, 0.1) is 5.41 Å². The number of fused-ring (bicyclic) bond motifs is 1. The van der Waals surface area contributed by atoms with Crippen LogP contribution in [0.4, 0.5) is 5.82 Å². The van der Waals surface area contributed by atoms with E-state index in [0.29, 0.717) is 6.42 Å². The number of nitrogen functional groups attached to an aromatic ring is 1. The zero-order valence-corrected chi connectivity index (χ0v) is 37.0. The number of aliphatic hydroxyl groups excluding tert-OH is 3. The maximum absolute atomic E-state index is 12.7. The first-order valence-corrected chi connectivity index (χ1v) is 24.4. The van der Waals surface area contributed by atoms with Crippen molar-refractivity contribution < 1.29 is 85.6 Å². The highest BCUT2D eigenvalue weighted by molar-refractivity contribution is 8.14. The third-order valence-electron chi connectivity index (χ3n) is 8.84. The van der Waals surface area contributed by atoms with Gasteiger partial charge in [-0.05, 0) is 18.9 Å². The van der Waals surface area contributed by atoms with E-state index in [2.05, 4.69) is 41.3 Å². The van der Waals surface area contributed by atoms with E-state index in [0.717, 1.165) is 61.1 Å². The van der Waals surface area contributed by atoms with Gasteiger partial charge in [0.15, 0.2) is 23.5 Å². The molecule has 0 spiro atoms. The van der Waals surface area contributed by atoms with Gasteiger partial charge in [0.2, 0.25) is 11.8 Å². The van der Waals surface area contributed by atoms with Gasteiger partial charge in [-0.25, -0.2) is 28.6 Å². The van der Waals surface area contributed by atoms with E-state index < -0.39 is 89.7 Å². The average molecular weight is 950 g/mol. The third kappa shape index (κ3) is 17.3. The van der Waals surface area contributed by atoms with E-state index in [-0.39, 0.29) is 48.0 Å². The smallest absolute Gasteiger partial charge is 0.481 e. The Hall–Kier alpha value is -2.90. The van der Waals surface area contributed by atoms with E-state index in [1.807, 2.05) is 0 Å². The van der Waals surface area contributed by atoms with Gasteiger partial charge >= 0.3 is 23.5 Å². The van der Waals surface area contributed by atoms with E-state index in [4.69, 9.17) is 19.5 Å². The minimum Gasteiger partial charge on any atom is -0.504 e. The topological polar surface area (TPSA) is 384 Å². The maximum Gasteiger partial charge on any atom is 0.481 e. The number of nitrogens with zero attached hydrogens (tertiary/aromatic N) is 4. The van der Waals surface area contributed by atoms with Crippen LogP contribution in [-0.2, 0) is 50.7 Å². The van der Waals surface area contributed by atoms with Crippen molar-refractivity contribution in [2.24, 2.45) is 5.41 Å². The summed E-state index contributed by atoms with van der Waals surface area (Å²) in [5.74, 6) is -1.69. The molecule has 1 fully saturated rings. The molecule has 3 heterocycles. The molecule has 2 amide bonds. The number of hydrogen-bond donors (Lipinski definition) is 10. The summed E-state index contributed by atoms with van der Waals surface area (Å²) in [5.41, 5.74) is 4.24. The Morgan fingerprint density at radius 3 is 2.38 bits per heavy atom. The monoisotopic (exact) mass is 949 g/mol. The number of carbonyl (C=O) groups excluding carboxylic acids is 3. The summed E-state index contributed by atoms with van der Waals surface area (Å²) in [5, 5.41) is 35.8. The van der Waals surface area contributed by atoms with Crippen molar-refractivity contribution in [3.8, 4) is 0 Å². The predicted octanol–water partition coefficient (Wildman–Crippen LogP) is 1.86. The molecule has 0 aromatic carbocycles. The largest absolute Gasteiger partial charge is 0.504 e. The molecule has 0 saturated carbocycles. The molecule has 3 rings (SSSR count). The SMILES string of the molecule is CCCCCCCC/C=C(\O)C(=O)SCCNC(=O)CCNC(=O)C(O)C(C)(C)COP(=O)(O)OP(=O)(O)OCC1OC(n2cnc3c(N)ncnc32)C(O)C1OP(=O)(O)O. The molecule has 7 atom stereocenters. The van der Waals surface area contributed by atoms with Crippen LogP contribution in [0.25, 0.3) is 11.2 Å². The lowest BCUT2D eigenvalue weighted by Crippen LogP contribution is -2.46. The number of ether oxygens (including phenoxy) is 1. The maximum atomic E-state index is 12.7. The summed E-state index contributed by atoms with van der Waals surface area (Å²) in [4.78, 5) is 87.9. The number of phosphoric acid groups is 3. The number of carbonyl (C=O) groups is 3. The second-order valence-electron chi connectivity index (χ2n) is 14.4. The molecule has 0 radical (unpaired) electrons. The van der Waals surface area contributed by atoms with E-state index >= 15 is 0 Å². The van der Waals surface area contributed by atoms with Gasteiger partial charge in [-0.1, -0.05) is 64.6 Å². The Balaban J connectivity index is 1.42.